The van der Waals surface area contributed by atoms with Gasteiger partial charge >= 0.3 is 19.1 Å². The molecular formula is C22H32BNO7. The Hall–Kier alpha value is -2.39. The first-order valence-corrected chi connectivity index (χ1v) is 10.4. The van der Waals surface area contributed by atoms with Gasteiger partial charge in [0.1, 0.15) is 18.8 Å². The summed E-state index contributed by atoms with van der Waals surface area (Å²) in [4.78, 5) is 34.5. The van der Waals surface area contributed by atoms with Crippen LogP contribution in [0.15, 0.2) is 24.3 Å². The lowest BCUT2D eigenvalue weighted by Crippen LogP contribution is -2.55. The van der Waals surface area contributed by atoms with Gasteiger partial charge in [0, 0.05) is 39.4 Å². The molecule has 31 heavy (non-hydrogen) atoms. The Morgan fingerprint density at radius 3 is 1.97 bits per heavy atom. The van der Waals surface area contributed by atoms with Gasteiger partial charge in [-0.3, -0.25) is 14.4 Å². The quantitative estimate of drug-likeness (QED) is 0.464. The number of hydrogen-bond acceptors (Lipinski definition) is 7. The van der Waals surface area contributed by atoms with Gasteiger partial charge in [0.05, 0.1) is 0 Å². The van der Waals surface area contributed by atoms with Crippen LogP contribution in [0.4, 0.5) is 0 Å². The standard InChI is InChI=1S/C22H32BNO7/c1-16(25)24-22(14-28-17(2)26,15-29-18(3)27)11-10-19-6-8-20(9-7-19)23-30-12-21(4,5)13-31-23/h6-9H,10-15H2,1-5H3,(H,24,25). The highest BCUT2D eigenvalue weighted by Crippen LogP contribution is 2.22. The Morgan fingerprint density at radius 2 is 1.52 bits per heavy atom. The zero-order valence-electron chi connectivity index (χ0n) is 19.0. The van der Waals surface area contributed by atoms with Crippen LogP contribution < -0.4 is 10.8 Å². The van der Waals surface area contributed by atoms with Gasteiger partial charge in [0.15, 0.2) is 0 Å². The lowest BCUT2D eigenvalue weighted by atomic mass is 9.75. The Balaban J connectivity index is 2.07. The fraction of sp³-hybridized carbons (Fsp3) is 0.591. The highest BCUT2D eigenvalue weighted by molar-refractivity contribution is 6.61. The number of hydrogen-bond donors (Lipinski definition) is 1. The van der Waals surface area contributed by atoms with Gasteiger partial charge in [0.25, 0.3) is 0 Å². The van der Waals surface area contributed by atoms with E-state index >= 15 is 0 Å². The van der Waals surface area contributed by atoms with Gasteiger partial charge in [-0.05, 0) is 23.9 Å². The van der Waals surface area contributed by atoms with Gasteiger partial charge in [0.2, 0.25) is 5.91 Å². The second kappa shape index (κ2) is 10.8. The largest absolute Gasteiger partial charge is 0.493 e. The number of esters is 2. The SMILES string of the molecule is CC(=O)NC(CCc1ccc(B2OCC(C)(C)CO2)cc1)(COC(C)=O)COC(C)=O. The van der Waals surface area contributed by atoms with Crippen molar-refractivity contribution in [1.29, 1.82) is 0 Å². The Labute approximate surface area is 184 Å². The van der Waals surface area contributed by atoms with E-state index in [2.05, 4.69) is 19.2 Å². The number of amides is 1. The lowest BCUT2D eigenvalue weighted by molar-refractivity contribution is -0.150. The summed E-state index contributed by atoms with van der Waals surface area (Å²) in [7, 11) is -0.381. The van der Waals surface area contributed by atoms with Crippen molar-refractivity contribution in [3.63, 3.8) is 0 Å². The smallest absolute Gasteiger partial charge is 0.463 e. The number of benzene rings is 1. The molecule has 2 rings (SSSR count). The third-order valence-corrected chi connectivity index (χ3v) is 4.94. The maximum Gasteiger partial charge on any atom is 0.493 e. The number of rotatable bonds is 9. The van der Waals surface area contributed by atoms with Crippen molar-refractivity contribution in [1.82, 2.24) is 5.32 Å². The average Bonchev–Trinajstić information content (AvgIpc) is 2.69. The predicted molar refractivity (Wildman–Crippen MR) is 116 cm³/mol. The molecule has 0 radical (unpaired) electrons. The topological polar surface area (TPSA) is 100 Å². The van der Waals surface area contributed by atoms with Crippen LogP contribution in [0.25, 0.3) is 0 Å². The molecule has 170 valence electrons. The summed E-state index contributed by atoms with van der Waals surface area (Å²) in [5.74, 6) is -1.25. The molecule has 0 bridgehead atoms. The van der Waals surface area contributed by atoms with Crippen molar-refractivity contribution in [2.45, 2.75) is 53.0 Å². The molecule has 1 amide bonds. The van der Waals surface area contributed by atoms with Crippen LogP contribution >= 0.6 is 0 Å². The second-order valence-electron chi connectivity index (χ2n) is 8.88. The number of carbonyl (C=O) groups excluding carboxylic acids is 3. The van der Waals surface area contributed by atoms with E-state index in [-0.39, 0.29) is 31.7 Å². The minimum atomic E-state index is -1.01. The second-order valence-corrected chi connectivity index (χ2v) is 8.88. The molecule has 1 aromatic rings. The number of aryl methyl sites for hydroxylation is 1. The fourth-order valence-corrected chi connectivity index (χ4v) is 3.28. The van der Waals surface area contributed by atoms with Crippen LogP contribution in [0.2, 0.25) is 0 Å². The number of ether oxygens (including phenoxy) is 2. The zero-order valence-corrected chi connectivity index (χ0v) is 19.0. The van der Waals surface area contributed by atoms with Crippen LogP contribution in [0.3, 0.4) is 0 Å². The normalized spacial score (nSPS) is 15.8. The Morgan fingerprint density at radius 1 is 1.00 bits per heavy atom. The first-order chi connectivity index (χ1) is 14.5. The molecule has 0 aromatic heterocycles. The van der Waals surface area contributed by atoms with E-state index in [1.54, 1.807) is 0 Å². The zero-order chi connectivity index (χ0) is 23.1. The van der Waals surface area contributed by atoms with E-state index in [1.807, 2.05) is 24.3 Å². The number of carbonyl (C=O) groups is 3. The molecule has 1 aromatic carbocycles. The van der Waals surface area contributed by atoms with Crippen LogP contribution in [-0.2, 0) is 39.6 Å². The summed E-state index contributed by atoms with van der Waals surface area (Å²) in [5.41, 5.74) is 0.948. The minimum absolute atomic E-state index is 0.00731. The molecular weight excluding hydrogens is 401 g/mol. The molecule has 1 N–H and O–H groups in total. The summed E-state index contributed by atoms with van der Waals surface area (Å²) in [6.45, 7) is 9.23. The molecule has 0 saturated carbocycles. The fourth-order valence-electron chi connectivity index (χ4n) is 3.28. The average molecular weight is 433 g/mol. The maximum absolute atomic E-state index is 11.8. The van der Waals surface area contributed by atoms with Crippen LogP contribution in [-0.4, -0.2) is 56.9 Å². The summed E-state index contributed by atoms with van der Waals surface area (Å²) in [6, 6.07) is 7.85. The molecule has 1 heterocycles. The Bertz CT molecular complexity index is 751. The summed E-state index contributed by atoms with van der Waals surface area (Å²) >= 11 is 0. The van der Waals surface area contributed by atoms with E-state index in [9.17, 15) is 14.4 Å². The third kappa shape index (κ3) is 8.34. The maximum atomic E-state index is 11.8. The van der Waals surface area contributed by atoms with E-state index in [4.69, 9.17) is 18.8 Å². The first kappa shape index (κ1) is 24.9. The summed E-state index contributed by atoms with van der Waals surface area (Å²) in [6.07, 6.45) is 0.986. The van der Waals surface area contributed by atoms with E-state index < -0.39 is 17.5 Å². The predicted octanol–water partition coefficient (Wildman–Crippen LogP) is 1.39. The van der Waals surface area contributed by atoms with Gasteiger partial charge in [-0.25, -0.2) is 0 Å². The van der Waals surface area contributed by atoms with E-state index in [0.29, 0.717) is 26.1 Å². The monoisotopic (exact) mass is 433 g/mol. The van der Waals surface area contributed by atoms with Crippen molar-refractivity contribution in [2.75, 3.05) is 26.4 Å². The molecule has 0 unspecified atom stereocenters. The van der Waals surface area contributed by atoms with Crippen molar-refractivity contribution in [3.8, 4) is 0 Å². The minimum Gasteiger partial charge on any atom is -0.463 e. The van der Waals surface area contributed by atoms with Gasteiger partial charge in [-0.2, -0.15) is 0 Å². The van der Waals surface area contributed by atoms with Gasteiger partial charge in [-0.15, -0.1) is 0 Å². The summed E-state index contributed by atoms with van der Waals surface area (Å²) < 4.78 is 22.0. The van der Waals surface area contributed by atoms with Gasteiger partial charge in [-0.1, -0.05) is 38.1 Å². The molecule has 0 atom stereocenters. The van der Waals surface area contributed by atoms with Crippen molar-refractivity contribution < 1.29 is 33.2 Å². The number of nitrogens with one attached hydrogen (secondary N) is 1. The lowest BCUT2D eigenvalue weighted by Gasteiger charge is -2.33. The van der Waals surface area contributed by atoms with E-state index in [1.165, 1.54) is 20.8 Å². The van der Waals surface area contributed by atoms with Crippen molar-refractivity contribution in [3.05, 3.63) is 29.8 Å². The van der Waals surface area contributed by atoms with Crippen LogP contribution in [0, 0.1) is 5.41 Å². The molecule has 1 aliphatic rings. The molecule has 0 spiro atoms. The highest BCUT2D eigenvalue weighted by Gasteiger charge is 2.35. The first-order valence-electron chi connectivity index (χ1n) is 10.4. The van der Waals surface area contributed by atoms with Crippen LogP contribution in [0.1, 0.15) is 46.6 Å². The van der Waals surface area contributed by atoms with Crippen molar-refractivity contribution in [2.24, 2.45) is 5.41 Å². The molecule has 0 aliphatic carbocycles. The molecule has 8 nitrogen and oxygen atoms in total. The highest BCUT2D eigenvalue weighted by atomic mass is 16.6. The Kier molecular flexibility index (Phi) is 8.65. The van der Waals surface area contributed by atoms with Gasteiger partial charge < -0.3 is 24.1 Å². The molecule has 1 aliphatic heterocycles. The van der Waals surface area contributed by atoms with Crippen LogP contribution in [0.5, 0.6) is 0 Å². The summed E-state index contributed by atoms with van der Waals surface area (Å²) in [5, 5.41) is 2.81. The molecule has 1 fully saturated rings. The molecule has 9 heteroatoms. The third-order valence-electron chi connectivity index (χ3n) is 4.94. The van der Waals surface area contributed by atoms with E-state index in [0.717, 1.165) is 11.0 Å². The van der Waals surface area contributed by atoms with Crippen molar-refractivity contribution >= 4 is 30.4 Å². The molecule has 1 saturated heterocycles.